The fraction of sp³-hybridized carbons (Fsp3) is 0.133. The molecule has 0 unspecified atom stereocenters. The van der Waals surface area contributed by atoms with Crippen LogP contribution in [0.1, 0.15) is 11.1 Å². The molecule has 2 rings (SSSR count). The molecule has 1 aromatic carbocycles. The molecule has 5 nitrogen and oxygen atoms in total. The van der Waals surface area contributed by atoms with Crippen molar-refractivity contribution >= 4 is 5.97 Å². The van der Waals surface area contributed by atoms with E-state index >= 15 is 0 Å². The maximum atomic E-state index is 11.6. The van der Waals surface area contributed by atoms with E-state index in [4.69, 9.17) is 10.4 Å². The summed E-state index contributed by atoms with van der Waals surface area (Å²) in [6.45, 7) is 1.51. The third-order valence-electron chi connectivity index (χ3n) is 2.97. The summed E-state index contributed by atoms with van der Waals surface area (Å²) in [5.41, 5.74) is 2.61. The maximum absolute atomic E-state index is 11.6. The van der Waals surface area contributed by atoms with Crippen LogP contribution < -0.4 is 5.56 Å². The largest absolute Gasteiger partial charge is 0.480 e. The molecular formula is C15H12N2O3. The summed E-state index contributed by atoms with van der Waals surface area (Å²) in [5.74, 6) is -1.08. The summed E-state index contributed by atoms with van der Waals surface area (Å²) >= 11 is 0. The van der Waals surface area contributed by atoms with Crippen molar-refractivity contribution in [1.82, 2.24) is 4.57 Å². The van der Waals surface area contributed by atoms with Crippen molar-refractivity contribution in [1.29, 1.82) is 5.26 Å². The number of aromatic nitrogens is 1. The quantitative estimate of drug-likeness (QED) is 0.919. The smallest absolute Gasteiger partial charge is 0.323 e. The molecule has 20 heavy (non-hydrogen) atoms. The number of pyridine rings is 1. The Morgan fingerprint density at radius 2 is 2.10 bits per heavy atom. The fourth-order valence-electron chi connectivity index (χ4n) is 1.96. The summed E-state index contributed by atoms with van der Waals surface area (Å²) in [7, 11) is 0. The van der Waals surface area contributed by atoms with Crippen LogP contribution in [0, 0.1) is 18.3 Å². The molecule has 0 saturated heterocycles. The van der Waals surface area contributed by atoms with Gasteiger partial charge in [0.25, 0.3) is 5.56 Å². The van der Waals surface area contributed by atoms with Gasteiger partial charge in [-0.25, -0.2) is 0 Å². The molecule has 0 spiro atoms. The second kappa shape index (κ2) is 5.41. The molecule has 5 heteroatoms. The van der Waals surface area contributed by atoms with E-state index in [0.29, 0.717) is 11.1 Å². The van der Waals surface area contributed by atoms with Gasteiger partial charge in [0, 0.05) is 12.3 Å². The normalized spacial score (nSPS) is 10.0. The molecule has 0 radical (unpaired) electrons. The van der Waals surface area contributed by atoms with Gasteiger partial charge in [-0.3, -0.25) is 9.59 Å². The van der Waals surface area contributed by atoms with Gasteiger partial charge in [0.2, 0.25) is 0 Å². The first-order chi connectivity index (χ1) is 9.51. The van der Waals surface area contributed by atoms with Gasteiger partial charge in [-0.1, -0.05) is 6.07 Å². The van der Waals surface area contributed by atoms with Gasteiger partial charge >= 0.3 is 5.97 Å². The molecule has 0 atom stereocenters. The Morgan fingerprint density at radius 3 is 2.75 bits per heavy atom. The molecule has 1 heterocycles. The van der Waals surface area contributed by atoms with Crippen LogP contribution in [0.25, 0.3) is 11.1 Å². The molecule has 0 bridgehead atoms. The number of aryl methyl sites for hydroxylation is 1. The zero-order valence-electron chi connectivity index (χ0n) is 10.8. The lowest BCUT2D eigenvalue weighted by atomic mass is 10.00. The van der Waals surface area contributed by atoms with Crippen LogP contribution in [0.2, 0.25) is 0 Å². The highest BCUT2D eigenvalue weighted by molar-refractivity contribution is 5.69. The Morgan fingerprint density at radius 1 is 1.35 bits per heavy atom. The Balaban J connectivity index is 2.56. The minimum Gasteiger partial charge on any atom is -0.480 e. The van der Waals surface area contributed by atoms with Gasteiger partial charge in [-0.2, -0.15) is 5.26 Å². The van der Waals surface area contributed by atoms with Gasteiger partial charge < -0.3 is 9.67 Å². The summed E-state index contributed by atoms with van der Waals surface area (Å²) in [6, 6.07) is 10.3. The number of carboxylic acid groups (broad SMARTS) is 1. The molecule has 0 saturated carbocycles. The highest BCUT2D eigenvalue weighted by Crippen LogP contribution is 2.23. The number of rotatable bonds is 3. The van der Waals surface area contributed by atoms with Crippen LogP contribution in [0.4, 0.5) is 0 Å². The number of nitriles is 1. The predicted molar refractivity (Wildman–Crippen MR) is 73.2 cm³/mol. The topological polar surface area (TPSA) is 83.1 Å². The summed E-state index contributed by atoms with van der Waals surface area (Å²) < 4.78 is 1.14. The predicted octanol–water partition coefficient (Wildman–Crippen LogP) is 1.78. The molecule has 100 valence electrons. The molecule has 1 aromatic heterocycles. The maximum Gasteiger partial charge on any atom is 0.323 e. The number of benzene rings is 1. The second-order valence-corrected chi connectivity index (χ2v) is 4.42. The molecule has 0 aliphatic heterocycles. The summed E-state index contributed by atoms with van der Waals surface area (Å²) in [4.78, 5) is 22.3. The number of carboxylic acids is 1. The van der Waals surface area contributed by atoms with Crippen LogP contribution in [-0.2, 0) is 11.3 Å². The average molecular weight is 268 g/mol. The van der Waals surface area contributed by atoms with E-state index in [9.17, 15) is 9.59 Å². The lowest BCUT2D eigenvalue weighted by Gasteiger charge is -2.09. The highest BCUT2D eigenvalue weighted by atomic mass is 16.4. The van der Waals surface area contributed by atoms with Crippen molar-refractivity contribution in [2.75, 3.05) is 0 Å². The number of hydrogen-bond acceptors (Lipinski definition) is 3. The van der Waals surface area contributed by atoms with Crippen LogP contribution in [0.3, 0.4) is 0 Å². The van der Waals surface area contributed by atoms with Crippen molar-refractivity contribution < 1.29 is 9.90 Å². The standard InChI is InChI=1S/C15H12N2O3/c1-10-2-3-11(7-16)6-13(10)12-4-5-14(18)17(8-12)9-15(19)20/h2-6,8H,9H2,1H3,(H,19,20). The van der Waals surface area contributed by atoms with Crippen molar-refractivity contribution in [2.45, 2.75) is 13.5 Å². The molecule has 0 amide bonds. The van der Waals surface area contributed by atoms with Crippen molar-refractivity contribution in [3.63, 3.8) is 0 Å². The Hall–Kier alpha value is -2.87. The highest BCUT2D eigenvalue weighted by Gasteiger charge is 2.07. The lowest BCUT2D eigenvalue weighted by molar-refractivity contribution is -0.137. The number of hydrogen-bond donors (Lipinski definition) is 1. The van der Waals surface area contributed by atoms with Gasteiger partial charge in [0.05, 0.1) is 11.6 Å². The van der Waals surface area contributed by atoms with E-state index in [1.807, 2.05) is 13.0 Å². The van der Waals surface area contributed by atoms with Crippen molar-refractivity contribution in [3.05, 3.63) is 58.0 Å². The lowest BCUT2D eigenvalue weighted by Crippen LogP contribution is -2.22. The molecule has 0 aliphatic rings. The van der Waals surface area contributed by atoms with Gasteiger partial charge in [0.1, 0.15) is 6.54 Å². The first-order valence-electron chi connectivity index (χ1n) is 5.94. The van der Waals surface area contributed by atoms with E-state index in [0.717, 1.165) is 15.7 Å². The van der Waals surface area contributed by atoms with E-state index in [-0.39, 0.29) is 12.1 Å². The fourth-order valence-corrected chi connectivity index (χ4v) is 1.96. The van der Waals surface area contributed by atoms with Crippen LogP contribution >= 0.6 is 0 Å². The average Bonchev–Trinajstić information content (AvgIpc) is 2.41. The number of carbonyl (C=O) groups is 1. The van der Waals surface area contributed by atoms with Crippen LogP contribution in [0.5, 0.6) is 0 Å². The molecule has 1 N–H and O–H groups in total. The zero-order chi connectivity index (χ0) is 14.7. The van der Waals surface area contributed by atoms with Gasteiger partial charge in [0.15, 0.2) is 0 Å². The molecule has 2 aromatic rings. The SMILES string of the molecule is Cc1ccc(C#N)cc1-c1ccc(=O)n(CC(=O)O)c1. The third-order valence-corrected chi connectivity index (χ3v) is 2.97. The van der Waals surface area contributed by atoms with Crippen molar-refractivity contribution in [3.8, 4) is 17.2 Å². The Labute approximate surface area is 115 Å². The van der Waals surface area contributed by atoms with Crippen molar-refractivity contribution in [2.24, 2.45) is 0 Å². The minimum atomic E-state index is -1.08. The van der Waals surface area contributed by atoms with E-state index in [1.165, 1.54) is 12.3 Å². The first-order valence-corrected chi connectivity index (χ1v) is 5.94. The monoisotopic (exact) mass is 268 g/mol. The summed E-state index contributed by atoms with van der Waals surface area (Å²) in [6.07, 6.45) is 1.50. The van der Waals surface area contributed by atoms with Crippen LogP contribution in [0.15, 0.2) is 41.3 Å². The summed E-state index contributed by atoms with van der Waals surface area (Å²) in [5, 5.41) is 17.7. The van der Waals surface area contributed by atoms with Gasteiger partial charge in [-0.05, 0) is 41.8 Å². The van der Waals surface area contributed by atoms with E-state index < -0.39 is 5.97 Å². The third kappa shape index (κ3) is 2.75. The zero-order valence-corrected chi connectivity index (χ0v) is 10.8. The molecule has 0 fully saturated rings. The Bertz CT molecular complexity index is 769. The minimum absolute atomic E-state index is 0.370. The molecule has 0 aliphatic carbocycles. The molecular weight excluding hydrogens is 256 g/mol. The van der Waals surface area contributed by atoms with Crippen LogP contribution in [-0.4, -0.2) is 15.6 Å². The van der Waals surface area contributed by atoms with Gasteiger partial charge in [-0.15, -0.1) is 0 Å². The van der Waals surface area contributed by atoms with E-state index in [1.54, 1.807) is 18.2 Å². The first kappa shape index (κ1) is 13.6. The number of nitrogens with zero attached hydrogens (tertiary/aromatic N) is 2. The number of aliphatic carboxylic acids is 1. The second-order valence-electron chi connectivity index (χ2n) is 4.42. The Kier molecular flexibility index (Phi) is 3.67. The van der Waals surface area contributed by atoms with E-state index in [2.05, 4.69) is 6.07 Å².